The van der Waals surface area contributed by atoms with E-state index >= 15 is 0 Å². The maximum Gasteiger partial charge on any atom is 0.242 e. The van der Waals surface area contributed by atoms with E-state index in [-0.39, 0.29) is 23.8 Å². The molecule has 2 heterocycles. The Morgan fingerprint density at radius 3 is 2.39 bits per heavy atom. The molecule has 2 N–H and O–H groups in total. The number of piperidine rings is 1. The number of carbonyl (C=O) groups is 2. The lowest BCUT2D eigenvalue weighted by molar-refractivity contribution is -0.139. The summed E-state index contributed by atoms with van der Waals surface area (Å²) in [4.78, 5) is 29.2. The van der Waals surface area contributed by atoms with E-state index in [2.05, 4.69) is 34.6 Å². The Bertz CT molecular complexity index is 818. The minimum absolute atomic E-state index is 0.0516. The molecule has 1 aromatic rings. The minimum atomic E-state index is -0.493. The number of amides is 2. The zero-order chi connectivity index (χ0) is 26.0. The van der Waals surface area contributed by atoms with E-state index in [9.17, 15) is 9.59 Å². The average Bonchev–Trinajstić information content (AvgIpc) is 2.87. The first-order valence-corrected chi connectivity index (χ1v) is 14.0. The summed E-state index contributed by atoms with van der Waals surface area (Å²) in [5.74, 6) is 0.951. The number of carbonyl (C=O) groups excluding carboxylic acids is 2. The number of nitrogens with one attached hydrogen (secondary N) is 2. The van der Waals surface area contributed by atoms with Crippen LogP contribution in [0.25, 0.3) is 0 Å². The zero-order valence-electron chi connectivity index (χ0n) is 22.8. The van der Waals surface area contributed by atoms with Gasteiger partial charge in [-0.25, -0.2) is 0 Å². The first kappa shape index (κ1) is 28.5. The molecule has 36 heavy (non-hydrogen) atoms. The second kappa shape index (κ2) is 14.0. The van der Waals surface area contributed by atoms with Crippen LogP contribution in [0.2, 0.25) is 0 Å². The van der Waals surface area contributed by atoms with Gasteiger partial charge < -0.3 is 20.1 Å². The summed E-state index contributed by atoms with van der Waals surface area (Å²) >= 11 is 0. The Hall–Kier alpha value is -2.12. The molecule has 3 rings (SSSR count). The highest BCUT2D eigenvalue weighted by Crippen LogP contribution is 2.38. The van der Waals surface area contributed by atoms with Gasteiger partial charge in [0.2, 0.25) is 11.8 Å². The molecule has 7 nitrogen and oxygen atoms in total. The minimum Gasteiger partial charge on any atom is -0.491 e. The van der Waals surface area contributed by atoms with Crippen molar-refractivity contribution < 1.29 is 19.1 Å². The van der Waals surface area contributed by atoms with Crippen molar-refractivity contribution in [2.24, 2.45) is 11.3 Å². The fourth-order valence-corrected chi connectivity index (χ4v) is 5.20. The molecule has 1 spiro atoms. The smallest absolute Gasteiger partial charge is 0.242 e. The molecule has 7 heteroatoms. The highest BCUT2D eigenvalue weighted by atomic mass is 16.5. The zero-order valence-corrected chi connectivity index (χ0v) is 22.8. The quantitative estimate of drug-likeness (QED) is 0.608. The van der Waals surface area contributed by atoms with Gasteiger partial charge in [-0.15, -0.1) is 0 Å². The van der Waals surface area contributed by atoms with Crippen molar-refractivity contribution >= 4 is 11.8 Å². The van der Waals surface area contributed by atoms with Crippen LogP contribution < -0.4 is 15.4 Å². The fraction of sp³-hybridized carbons (Fsp3) is 0.724. The number of nitrogens with zero attached hydrogens (tertiary/aromatic N) is 1. The molecule has 0 bridgehead atoms. The predicted octanol–water partition coefficient (Wildman–Crippen LogP) is 4.29. The van der Waals surface area contributed by atoms with Gasteiger partial charge in [0, 0.05) is 26.3 Å². The van der Waals surface area contributed by atoms with Crippen molar-refractivity contribution in [3.63, 3.8) is 0 Å². The number of hydrogen-bond acceptors (Lipinski definition) is 5. The van der Waals surface area contributed by atoms with Crippen molar-refractivity contribution in [3.05, 3.63) is 29.8 Å². The van der Waals surface area contributed by atoms with Crippen LogP contribution >= 0.6 is 0 Å². The highest BCUT2D eigenvalue weighted by Gasteiger charge is 2.42. The van der Waals surface area contributed by atoms with Crippen molar-refractivity contribution in [1.82, 2.24) is 15.5 Å². The van der Waals surface area contributed by atoms with Crippen molar-refractivity contribution in [2.75, 3.05) is 32.8 Å². The molecule has 2 saturated heterocycles. The lowest BCUT2D eigenvalue weighted by Crippen LogP contribution is -2.56. The Balaban J connectivity index is 1.67. The first-order chi connectivity index (χ1) is 17.3. The molecule has 2 aliphatic heterocycles. The van der Waals surface area contributed by atoms with E-state index in [1.165, 1.54) is 5.56 Å². The maximum absolute atomic E-state index is 13.8. The molecule has 1 aromatic carbocycles. The third kappa shape index (κ3) is 8.20. The van der Waals surface area contributed by atoms with E-state index in [1.54, 1.807) is 0 Å². The van der Waals surface area contributed by atoms with Crippen LogP contribution in [0.1, 0.15) is 78.2 Å². The maximum atomic E-state index is 13.8. The normalized spacial score (nSPS) is 23.5. The lowest BCUT2D eigenvalue weighted by atomic mass is 9.73. The molecular formula is C29H47N3O4. The number of ether oxygens (including phenoxy) is 2. The summed E-state index contributed by atoms with van der Waals surface area (Å²) in [6.45, 7) is 12.7. The summed E-state index contributed by atoms with van der Waals surface area (Å²) < 4.78 is 11.5. The lowest BCUT2D eigenvalue weighted by Gasteiger charge is -2.42. The van der Waals surface area contributed by atoms with E-state index < -0.39 is 11.5 Å². The van der Waals surface area contributed by atoms with Crippen LogP contribution in [0.5, 0.6) is 5.75 Å². The third-order valence-corrected chi connectivity index (χ3v) is 7.74. The topological polar surface area (TPSA) is 79.9 Å². The molecule has 0 radical (unpaired) electrons. The monoisotopic (exact) mass is 501 g/mol. The SMILES string of the molecule is CC[C@H](C)[C@@H]1NC(=O)C2(CCCCOCCCNC1=O)CCN(Cc1ccc(OC(C)C)cc1)CC2. The molecule has 2 amide bonds. The summed E-state index contributed by atoms with van der Waals surface area (Å²) in [5.41, 5.74) is 0.824. The van der Waals surface area contributed by atoms with Gasteiger partial charge in [-0.1, -0.05) is 38.8 Å². The Morgan fingerprint density at radius 1 is 1.03 bits per heavy atom. The van der Waals surface area contributed by atoms with Gasteiger partial charge in [0.25, 0.3) is 0 Å². The molecule has 2 atom stereocenters. The van der Waals surface area contributed by atoms with E-state index in [0.717, 1.165) is 70.3 Å². The molecule has 0 unspecified atom stereocenters. The molecule has 0 aromatic heterocycles. The Morgan fingerprint density at radius 2 is 1.72 bits per heavy atom. The second-order valence-corrected chi connectivity index (χ2v) is 10.9. The number of benzene rings is 1. The van der Waals surface area contributed by atoms with Crippen LogP contribution in [0.3, 0.4) is 0 Å². The van der Waals surface area contributed by atoms with Gasteiger partial charge in [-0.2, -0.15) is 0 Å². The van der Waals surface area contributed by atoms with Gasteiger partial charge in [0.15, 0.2) is 0 Å². The van der Waals surface area contributed by atoms with Gasteiger partial charge in [0.1, 0.15) is 11.8 Å². The van der Waals surface area contributed by atoms with Crippen molar-refractivity contribution in [1.29, 1.82) is 0 Å². The summed E-state index contributed by atoms with van der Waals surface area (Å²) in [6.07, 6.45) is 6.18. The van der Waals surface area contributed by atoms with Gasteiger partial charge in [0.05, 0.1) is 11.5 Å². The van der Waals surface area contributed by atoms with Crippen molar-refractivity contribution in [3.8, 4) is 5.75 Å². The number of rotatable bonds is 6. The molecule has 0 saturated carbocycles. The first-order valence-electron chi connectivity index (χ1n) is 14.0. The Labute approximate surface area is 217 Å². The van der Waals surface area contributed by atoms with E-state index in [0.29, 0.717) is 19.8 Å². The summed E-state index contributed by atoms with van der Waals surface area (Å²) in [5, 5.41) is 6.21. The van der Waals surface area contributed by atoms with Crippen LogP contribution in [-0.2, 0) is 20.9 Å². The van der Waals surface area contributed by atoms with Crippen LogP contribution in [0.15, 0.2) is 24.3 Å². The molecule has 202 valence electrons. The van der Waals surface area contributed by atoms with Gasteiger partial charge in [-0.3, -0.25) is 14.5 Å². The molecule has 2 fully saturated rings. The molecular weight excluding hydrogens is 454 g/mol. The van der Waals surface area contributed by atoms with Gasteiger partial charge in [-0.05, 0) is 82.7 Å². The van der Waals surface area contributed by atoms with Crippen LogP contribution in [0, 0.1) is 11.3 Å². The summed E-state index contributed by atoms with van der Waals surface area (Å²) in [7, 11) is 0. The molecule has 0 aliphatic carbocycles. The standard InChI is InChI=1S/C29H47N3O4/c1-5-23(4)26-27(33)30-16-8-20-35-19-7-6-13-29(28(34)31-26)14-17-32(18-15-29)21-24-9-11-25(12-10-24)36-22(2)3/h9-12,22-23,26H,5-8,13-21H2,1-4H3,(H,30,33)(H,31,34)/t23-,26-/m0/s1. The van der Waals surface area contributed by atoms with Crippen LogP contribution in [0.4, 0.5) is 0 Å². The van der Waals surface area contributed by atoms with Gasteiger partial charge >= 0.3 is 0 Å². The van der Waals surface area contributed by atoms with Crippen LogP contribution in [-0.4, -0.2) is 61.7 Å². The average molecular weight is 502 g/mol. The molecule has 2 aliphatic rings. The highest BCUT2D eigenvalue weighted by molar-refractivity contribution is 5.90. The predicted molar refractivity (Wildman–Crippen MR) is 143 cm³/mol. The van der Waals surface area contributed by atoms with E-state index in [4.69, 9.17) is 9.47 Å². The Kier molecular flexibility index (Phi) is 11.1. The third-order valence-electron chi connectivity index (χ3n) is 7.74. The largest absolute Gasteiger partial charge is 0.491 e. The van der Waals surface area contributed by atoms with E-state index in [1.807, 2.05) is 32.9 Å². The number of hydrogen-bond donors (Lipinski definition) is 2. The van der Waals surface area contributed by atoms with Crippen molar-refractivity contribution in [2.45, 2.75) is 91.3 Å². The fourth-order valence-electron chi connectivity index (χ4n) is 5.20. The summed E-state index contributed by atoms with van der Waals surface area (Å²) in [6, 6.07) is 7.84. The second-order valence-electron chi connectivity index (χ2n) is 10.9. The number of likely N-dealkylation sites (tertiary alicyclic amines) is 1.